The van der Waals surface area contributed by atoms with E-state index >= 15 is 0 Å². The second-order valence-corrected chi connectivity index (χ2v) is 9.33. The highest BCUT2D eigenvalue weighted by Gasteiger charge is 2.22. The smallest absolute Gasteiger partial charge is 0.315 e. The second-order valence-electron chi connectivity index (χ2n) is 9.33. The summed E-state index contributed by atoms with van der Waals surface area (Å²) in [6.45, 7) is 0. The molecular weight excluding hydrogens is 544 g/mol. The monoisotopic (exact) mass is 578 g/mol. The number of carboxylic acids is 2. The number of carboxylic acid groups (broad SMARTS) is 2. The minimum atomic E-state index is -1.40. The van der Waals surface area contributed by atoms with E-state index in [9.17, 15) is 19.8 Å². The van der Waals surface area contributed by atoms with E-state index < -0.39 is 30.1 Å². The first kappa shape index (κ1) is 32.3. The number of hydrogen-bond acceptors (Lipinski definition) is 5. The second kappa shape index (κ2) is 16.9. The summed E-state index contributed by atoms with van der Waals surface area (Å²) in [5, 5.41) is 36.0. The molecule has 0 spiro atoms. The molecule has 0 saturated carbocycles. The summed E-state index contributed by atoms with van der Waals surface area (Å²) >= 11 is 0. The molecule has 0 radical (unpaired) electrons. The third kappa shape index (κ3) is 9.97. The molecule has 220 valence electrons. The van der Waals surface area contributed by atoms with Gasteiger partial charge in [-0.1, -0.05) is 133 Å². The summed E-state index contributed by atoms with van der Waals surface area (Å²) in [6, 6.07) is 43.6. The van der Waals surface area contributed by atoms with Gasteiger partial charge in [-0.3, -0.25) is 9.59 Å². The van der Waals surface area contributed by atoms with Crippen LogP contribution in [0.5, 0.6) is 5.75 Å². The number of aliphatic hydroxyl groups is 2. The van der Waals surface area contributed by atoms with Crippen LogP contribution in [-0.2, 0) is 9.59 Å². The van der Waals surface area contributed by atoms with E-state index in [1.54, 1.807) is 31.4 Å². The van der Waals surface area contributed by atoms with Crippen LogP contribution in [0.25, 0.3) is 0 Å². The van der Waals surface area contributed by atoms with Gasteiger partial charge in [0.2, 0.25) is 0 Å². The summed E-state index contributed by atoms with van der Waals surface area (Å²) in [5.41, 5.74) is 3.69. The molecule has 5 aromatic carbocycles. The Morgan fingerprint density at radius 1 is 0.465 bits per heavy atom. The largest absolute Gasteiger partial charge is 0.497 e. The van der Waals surface area contributed by atoms with Crippen LogP contribution >= 0.6 is 0 Å². The number of aliphatic hydroxyl groups excluding tert-OH is 1. The lowest BCUT2D eigenvalue weighted by Gasteiger charge is -2.12. The van der Waals surface area contributed by atoms with Gasteiger partial charge in [-0.2, -0.15) is 0 Å². The van der Waals surface area contributed by atoms with Crippen LogP contribution in [0.4, 0.5) is 0 Å². The number of methoxy groups -OCH3 is 1. The molecule has 0 aromatic heterocycles. The van der Waals surface area contributed by atoms with Gasteiger partial charge in [-0.15, -0.1) is 0 Å². The molecule has 5 aromatic rings. The molecule has 4 N–H and O–H groups in total. The maximum absolute atomic E-state index is 11.3. The molecule has 5 rings (SSSR count). The standard InChI is InChI=1S/2C14H12O2.C8H10O3/c2*15-14(16)13(11-7-3-1-4-8-11)12-9-5-2-6-10-12;1-11-7-4-2-6(3-5-7)8(9)10/h2*1-10,13H,(H,15,16);2-5,8-10H,1H3. The fourth-order valence-electron chi connectivity index (χ4n) is 4.31. The van der Waals surface area contributed by atoms with Crippen molar-refractivity contribution in [1.82, 2.24) is 0 Å². The molecule has 43 heavy (non-hydrogen) atoms. The molecule has 0 unspecified atom stereocenters. The fourth-order valence-corrected chi connectivity index (χ4v) is 4.31. The van der Waals surface area contributed by atoms with E-state index in [2.05, 4.69) is 0 Å². The maximum atomic E-state index is 11.3. The number of benzene rings is 5. The maximum Gasteiger partial charge on any atom is 0.315 e. The van der Waals surface area contributed by atoms with E-state index in [-0.39, 0.29) is 0 Å². The van der Waals surface area contributed by atoms with Gasteiger partial charge < -0.3 is 25.2 Å². The Labute approximate surface area is 250 Å². The minimum absolute atomic E-state index is 0.464. The Bertz CT molecular complexity index is 1330. The van der Waals surface area contributed by atoms with Crippen molar-refractivity contribution in [3.63, 3.8) is 0 Å². The van der Waals surface area contributed by atoms with E-state index in [0.717, 1.165) is 22.3 Å². The third-order valence-electron chi connectivity index (χ3n) is 6.44. The van der Waals surface area contributed by atoms with Crippen molar-refractivity contribution in [3.05, 3.63) is 173 Å². The Morgan fingerprint density at radius 3 is 0.953 bits per heavy atom. The number of carbonyl (C=O) groups is 2. The lowest BCUT2D eigenvalue weighted by atomic mass is 9.92. The Kier molecular flexibility index (Phi) is 12.7. The van der Waals surface area contributed by atoms with Crippen LogP contribution in [0.3, 0.4) is 0 Å². The van der Waals surface area contributed by atoms with E-state index in [4.69, 9.17) is 14.9 Å². The molecule has 0 saturated heterocycles. The predicted molar refractivity (Wildman–Crippen MR) is 165 cm³/mol. The average Bonchev–Trinajstić information content (AvgIpc) is 3.04. The Morgan fingerprint density at radius 2 is 0.744 bits per heavy atom. The number of aliphatic carboxylic acids is 2. The first-order chi connectivity index (χ1) is 20.8. The van der Waals surface area contributed by atoms with Crippen LogP contribution in [0.2, 0.25) is 0 Å². The van der Waals surface area contributed by atoms with Crippen molar-refractivity contribution in [2.24, 2.45) is 0 Å². The molecule has 0 aliphatic carbocycles. The molecule has 7 nitrogen and oxygen atoms in total. The SMILES string of the molecule is COc1ccc(C(O)O)cc1.O=C(O)C(c1ccccc1)c1ccccc1.O=C(O)C(c1ccccc1)c1ccccc1. The summed E-state index contributed by atoms with van der Waals surface area (Å²) in [4.78, 5) is 22.6. The van der Waals surface area contributed by atoms with Gasteiger partial charge in [-0.25, -0.2) is 0 Å². The summed E-state index contributed by atoms with van der Waals surface area (Å²) in [6.07, 6.45) is -1.40. The first-order valence-electron chi connectivity index (χ1n) is 13.5. The molecule has 0 atom stereocenters. The number of ether oxygens (including phenoxy) is 1. The van der Waals surface area contributed by atoms with Gasteiger partial charge >= 0.3 is 11.9 Å². The van der Waals surface area contributed by atoms with Crippen molar-refractivity contribution in [3.8, 4) is 5.75 Å². The Balaban J connectivity index is 0.000000180. The van der Waals surface area contributed by atoms with Gasteiger partial charge in [0.25, 0.3) is 0 Å². The van der Waals surface area contributed by atoms with Crippen molar-refractivity contribution in [1.29, 1.82) is 0 Å². The molecule has 0 fully saturated rings. The summed E-state index contributed by atoms with van der Waals surface area (Å²) < 4.78 is 4.89. The van der Waals surface area contributed by atoms with Gasteiger partial charge in [0, 0.05) is 5.56 Å². The highest BCUT2D eigenvalue weighted by molar-refractivity contribution is 5.81. The minimum Gasteiger partial charge on any atom is -0.497 e. The predicted octanol–water partition coefficient (Wildman–Crippen LogP) is 6.48. The number of hydrogen-bond donors (Lipinski definition) is 4. The van der Waals surface area contributed by atoms with Crippen molar-refractivity contribution in [2.75, 3.05) is 7.11 Å². The zero-order valence-corrected chi connectivity index (χ0v) is 23.6. The topological polar surface area (TPSA) is 124 Å². The molecule has 0 amide bonds. The lowest BCUT2D eigenvalue weighted by Crippen LogP contribution is -2.12. The van der Waals surface area contributed by atoms with E-state index in [1.165, 1.54) is 0 Å². The van der Waals surface area contributed by atoms with E-state index in [0.29, 0.717) is 11.3 Å². The summed E-state index contributed by atoms with van der Waals surface area (Å²) in [7, 11) is 1.56. The van der Waals surface area contributed by atoms with Gasteiger partial charge in [0.05, 0.1) is 7.11 Å². The molecule has 0 bridgehead atoms. The van der Waals surface area contributed by atoms with Gasteiger partial charge in [-0.05, 0) is 34.4 Å². The van der Waals surface area contributed by atoms with Crippen LogP contribution in [0.1, 0.15) is 45.9 Å². The molecule has 0 aliphatic heterocycles. The normalized spacial score (nSPS) is 10.3. The molecule has 7 heteroatoms. The first-order valence-corrected chi connectivity index (χ1v) is 13.5. The molecular formula is C36H34O7. The van der Waals surface area contributed by atoms with Crippen molar-refractivity contribution in [2.45, 2.75) is 18.1 Å². The highest BCUT2D eigenvalue weighted by atomic mass is 16.5. The fraction of sp³-hybridized carbons (Fsp3) is 0.111. The van der Waals surface area contributed by atoms with Crippen LogP contribution in [0.15, 0.2) is 146 Å². The zero-order chi connectivity index (χ0) is 31.0. The van der Waals surface area contributed by atoms with Crippen molar-refractivity contribution < 1.29 is 34.8 Å². The quantitative estimate of drug-likeness (QED) is 0.155. The van der Waals surface area contributed by atoms with E-state index in [1.807, 2.05) is 121 Å². The number of rotatable bonds is 8. The van der Waals surface area contributed by atoms with Crippen molar-refractivity contribution >= 4 is 11.9 Å². The lowest BCUT2D eigenvalue weighted by molar-refractivity contribution is -0.138. The highest BCUT2D eigenvalue weighted by Crippen LogP contribution is 2.25. The molecule has 0 aliphatic rings. The zero-order valence-electron chi connectivity index (χ0n) is 23.6. The van der Waals surface area contributed by atoms with Crippen LogP contribution in [0, 0.1) is 0 Å². The van der Waals surface area contributed by atoms with Crippen LogP contribution < -0.4 is 4.74 Å². The van der Waals surface area contributed by atoms with Crippen LogP contribution in [-0.4, -0.2) is 39.5 Å². The third-order valence-corrected chi connectivity index (χ3v) is 6.44. The average molecular weight is 579 g/mol. The molecule has 0 heterocycles. The Hall–Kier alpha value is -5.24. The van der Waals surface area contributed by atoms with Gasteiger partial charge in [0.1, 0.15) is 17.6 Å². The van der Waals surface area contributed by atoms with Gasteiger partial charge in [0.15, 0.2) is 6.29 Å². The summed E-state index contributed by atoms with van der Waals surface area (Å²) in [5.74, 6) is -2.10.